The monoisotopic (exact) mass is 229 g/mol. The van der Waals surface area contributed by atoms with Gasteiger partial charge in [-0.3, -0.25) is 0 Å². The molecule has 15 heavy (non-hydrogen) atoms. The smallest absolute Gasteiger partial charge is 0.120 e. The number of ether oxygens (including phenoxy) is 1. The van der Waals surface area contributed by atoms with Crippen molar-refractivity contribution in [3.8, 4) is 5.75 Å². The van der Waals surface area contributed by atoms with E-state index in [1.54, 1.807) is 7.11 Å². The Morgan fingerprint density at radius 1 is 1.33 bits per heavy atom. The normalized spacial score (nSPS) is 10.3. The standard InChI is InChI=1S/C11H16ClNO2/c1-14-10-6-5-9(11(12)8-10)4-2-3-7-15-13/h5-6,8H,2-4,7,13H2,1H3. The van der Waals surface area contributed by atoms with Crippen molar-refractivity contribution in [3.05, 3.63) is 28.8 Å². The lowest BCUT2D eigenvalue weighted by Crippen LogP contribution is -2.01. The zero-order valence-corrected chi connectivity index (χ0v) is 9.59. The van der Waals surface area contributed by atoms with E-state index in [2.05, 4.69) is 4.84 Å². The molecule has 1 rings (SSSR count). The average Bonchev–Trinajstić information content (AvgIpc) is 2.26. The van der Waals surface area contributed by atoms with Gasteiger partial charge in [-0.05, 0) is 37.0 Å². The van der Waals surface area contributed by atoms with Crippen LogP contribution in [0.5, 0.6) is 5.75 Å². The fraction of sp³-hybridized carbons (Fsp3) is 0.455. The molecule has 0 amide bonds. The molecule has 0 aromatic heterocycles. The number of rotatable bonds is 6. The van der Waals surface area contributed by atoms with Crippen LogP contribution in [0.25, 0.3) is 0 Å². The average molecular weight is 230 g/mol. The summed E-state index contributed by atoms with van der Waals surface area (Å²) >= 11 is 6.09. The fourth-order valence-corrected chi connectivity index (χ4v) is 1.62. The third kappa shape index (κ3) is 4.08. The summed E-state index contributed by atoms with van der Waals surface area (Å²) in [5.74, 6) is 5.72. The van der Waals surface area contributed by atoms with Gasteiger partial charge in [-0.2, -0.15) is 0 Å². The Hall–Kier alpha value is -0.770. The number of hydrogen-bond acceptors (Lipinski definition) is 3. The maximum atomic E-state index is 6.09. The largest absolute Gasteiger partial charge is 0.497 e. The van der Waals surface area contributed by atoms with Gasteiger partial charge >= 0.3 is 0 Å². The van der Waals surface area contributed by atoms with Gasteiger partial charge in [0.2, 0.25) is 0 Å². The quantitative estimate of drug-likeness (QED) is 0.602. The van der Waals surface area contributed by atoms with Crippen LogP contribution in [0.4, 0.5) is 0 Å². The molecule has 3 nitrogen and oxygen atoms in total. The summed E-state index contributed by atoms with van der Waals surface area (Å²) in [7, 11) is 1.63. The predicted molar refractivity (Wildman–Crippen MR) is 61.1 cm³/mol. The Morgan fingerprint density at radius 3 is 2.73 bits per heavy atom. The second-order valence-corrected chi connectivity index (χ2v) is 3.69. The van der Waals surface area contributed by atoms with Crippen LogP contribution < -0.4 is 10.6 Å². The topological polar surface area (TPSA) is 44.5 Å². The van der Waals surface area contributed by atoms with E-state index in [1.807, 2.05) is 18.2 Å². The first-order valence-electron chi connectivity index (χ1n) is 4.92. The Kier molecular flexibility index (Phi) is 5.47. The molecule has 0 aliphatic carbocycles. The summed E-state index contributed by atoms with van der Waals surface area (Å²) in [6.07, 6.45) is 2.90. The molecule has 0 spiro atoms. The lowest BCUT2D eigenvalue weighted by Gasteiger charge is -2.06. The molecule has 0 atom stereocenters. The summed E-state index contributed by atoms with van der Waals surface area (Å²) in [6.45, 7) is 0.591. The van der Waals surface area contributed by atoms with Crippen LogP contribution in [0.2, 0.25) is 5.02 Å². The molecule has 1 aromatic rings. The molecule has 2 N–H and O–H groups in total. The number of benzene rings is 1. The fourth-order valence-electron chi connectivity index (χ4n) is 1.36. The summed E-state index contributed by atoms with van der Waals surface area (Å²) in [4.78, 5) is 4.49. The highest BCUT2D eigenvalue weighted by Crippen LogP contribution is 2.23. The molecule has 0 aliphatic heterocycles. The minimum absolute atomic E-state index is 0.591. The summed E-state index contributed by atoms with van der Waals surface area (Å²) in [5.41, 5.74) is 1.13. The van der Waals surface area contributed by atoms with Gasteiger partial charge in [-0.15, -0.1) is 0 Å². The van der Waals surface area contributed by atoms with Crippen LogP contribution in [0.15, 0.2) is 18.2 Å². The third-order valence-corrected chi connectivity index (χ3v) is 2.57. The van der Waals surface area contributed by atoms with Crippen LogP contribution >= 0.6 is 11.6 Å². The molecule has 1 aromatic carbocycles. The van der Waals surface area contributed by atoms with Crippen LogP contribution in [-0.4, -0.2) is 13.7 Å². The molecule has 0 unspecified atom stereocenters. The number of aryl methyl sites for hydroxylation is 1. The van der Waals surface area contributed by atoms with Gasteiger partial charge in [0, 0.05) is 5.02 Å². The van der Waals surface area contributed by atoms with E-state index in [1.165, 1.54) is 0 Å². The number of halogens is 1. The molecule has 0 heterocycles. The van der Waals surface area contributed by atoms with E-state index in [0.717, 1.165) is 35.6 Å². The van der Waals surface area contributed by atoms with Gasteiger partial charge in [0.05, 0.1) is 13.7 Å². The molecule has 0 radical (unpaired) electrons. The molecule has 0 fully saturated rings. The van der Waals surface area contributed by atoms with Crippen LogP contribution in [0.3, 0.4) is 0 Å². The minimum Gasteiger partial charge on any atom is -0.497 e. The van der Waals surface area contributed by atoms with E-state index in [4.69, 9.17) is 22.2 Å². The highest BCUT2D eigenvalue weighted by molar-refractivity contribution is 6.31. The first-order valence-corrected chi connectivity index (χ1v) is 5.30. The summed E-state index contributed by atoms with van der Waals surface area (Å²) in [5, 5.41) is 0.753. The molecule has 4 heteroatoms. The molecule has 0 aliphatic rings. The van der Waals surface area contributed by atoms with Crippen LogP contribution in [-0.2, 0) is 11.3 Å². The van der Waals surface area contributed by atoms with Crippen molar-refractivity contribution < 1.29 is 9.57 Å². The van der Waals surface area contributed by atoms with E-state index >= 15 is 0 Å². The highest BCUT2D eigenvalue weighted by atomic mass is 35.5. The van der Waals surface area contributed by atoms with Crippen molar-refractivity contribution in [2.24, 2.45) is 5.90 Å². The minimum atomic E-state index is 0.591. The van der Waals surface area contributed by atoms with Gasteiger partial charge in [-0.1, -0.05) is 17.7 Å². The van der Waals surface area contributed by atoms with Crippen molar-refractivity contribution in [1.82, 2.24) is 0 Å². The van der Waals surface area contributed by atoms with Crippen molar-refractivity contribution in [2.75, 3.05) is 13.7 Å². The van der Waals surface area contributed by atoms with Crippen LogP contribution in [0, 0.1) is 0 Å². The summed E-state index contributed by atoms with van der Waals surface area (Å²) in [6, 6.07) is 5.74. The van der Waals surface area contributed by atoms with Crippen molar-refractivity contribution in [2.45, 2.75) is 19.3 Å². The lowest BCUT2D eigenvalue weighted by molar-refractivity contribution is 0.134. The highest BCUT2D eigenvalue weighted by Gasteiger charge is 2.01. The van der Waals surface area contributed by atoms with E-state index in [9.17, 15) is 0 Å². The SMILES string of the molecule is COc1ccc(CCCCON)c(Cl)c1. The zero-order chi connectivity index (χ0) is 11.1. The van der Waals surface area contributed by atoms with Gasteiger partial charge in [-0.25, -0.2) is 5.90 Å². The molecular weight excluding hydrogens is 214 g/mol. The first-order chi connectivity index (χ1) is 7.27. The van der Waals surface area contributed by atoms with Gasteiger partial charge in [0.1, 0.15) is 5.75 Å². The number of methoxy groups -OCH3 is 1. The molecule has 0 saturated carbocycles. The van der Waals surface area contributed by atoms with E-state index in [0.29, 0.717) is 6.61 Å². The third-order valence-electron chi connectivity index (χ3n) is 2.22. The van der Waals surface area contributed by atoms with Gasteiger partial charge < -0.3 is 9.57 Å². The second-order valence-electron chi connectivity index (χ2n) is 3.29. The van der Waals surface area contributed by atoms with Crippen molar-refractivity contribution in [3.63, 3.8) is 0 Å². The van der Waals surface area contributed by atoms with Gasteiger partial charge in [0.15, 0.2) is 0 Å². The molecule has 0 saturated heterocycles. The van der Waals surface area contributed by atoms with Gasteiger partial charge in [0.25, 0.3) is 0 Å². The maximum Gasteiger partial charge on any atom is 0.120 e. The predicted octanol–water partition coefficient (Wildman–Crippen LogP) is 2.56. The Morgan fingerprint density at radius 2 is 2.13 bits per heavy atom. The lowest BCUT2D eigenvalue weighted by atomic mass is 10.1. The van der Waals surface area contributed by atoms with Crippen molar-refractivity contribution in [1.29, 1.82) is 0 Å². The zero-order valence-electron chi connectivity index (χ0n) is 8.83. The van der Waals surface area contributed by atoms with E-state index in [-0.39, 0.29) is 0 Å². The molecule has 0 bridgehead atoms. The Labute approximate surface area is 95.1 Å². The Balaban J connectivity index is 2.47. The number of nitrogens with two attached hydrogens (primary N) is 1. The first kappa shape index (κ1) is 12.3. The second kappa shape index (κ2) is 6.67. The van der Waals surface area contributed by atoms with Crippen molar-refractivity contribution >= 4 is 11.6 Å². The number of hydrogen-bond donors (Lipinski definition) is 1. The van der Waals surface area contributed by atoms with E-state index < -0.39 is 0 Å². The molecular formula is C11H16ClNO2. The number of unbranched alkanes of at least 4 members (excludes halogenated alkanes) is 1. The molecule has 84 valence electrons. The maximum absolute atomic E-state index is 6.09. The van der Waals surface area contributed by atoms with Crippen LogP contribution in [0.1, 0.15) is 18.4 Å². The Bertz CT molecular complexity index is 305. The summed E-state index contributed by atoms with van der Waals surface area (Å²) < 4.78 is 5.07.